The van der Waals surface area contributed by atoms with Crippen LogP contribution in [0.2, 0.25) is 10.0 Å². The number of halogens is 3. The first-order valence-corrected chi connectivity index (χ1v) is 9.03. The summed E-state index contributed by atoms with van der Waals surface area (Å²) < 4.78 is 28.2. The lowest BCUT2D eigenvalue weighted by Crippen LogP contribution is -2.14. The van der Waals surface area contributed by atoms with Gasteiger partial charge in [0.05, 0.1) is 11.6 Å². The molecule has 0 aliphatic heterocycles. The molecule has 0 atom stereocenters. The van der Waals surface area contributed by atoms with Gasteiger partial charge in [0, 0.05) is 19.8 Å². The van der Waals surface area contributed by atoms with Gasteiger partial charge < -0.3 is 5.11 Å². The molecule has 4 nitrogen and oxygen atoms in total. The number of rotatable bonds is 4. The molecule has 21 heavy (non-hydrogen) atoms. The maximum absolute atomic E-state index is 12.4. The van der Waals surface area contributed by atoms with Crippen molar-refractivity contribution in [3.63, 3.8) is 0 Å². The van der Waals surface area contributed by atoms with Gasteiger partial charge in [-0.3, -0.25) is 4.72 Å². The Morgan fingerprint density at radius 3 is 2.29 bits per heavy atom. The Labute approximate surface area is 146 Å². The quantitative estimate of drug-likeness (QED) is 0.684. The van der Waals surface area contributed by atoms with E-state index in [0.29, 0.717) is 5.69 Å². The van der Waals surface area contributed by atoms with Gasteiger partial charge >= 0.3 is 0 Å². The molecule has 0 radical (unpaired) electrons. The van der Waals surface area contributed by atoms with E-state index < -0.39 is 16.6 Å². The predicted octanol–water partition coefficient (Wildman–Crippen LogP) is 3.89. The van der Waals surface area contributed by atoms with Crippen LogP contribution >= 0.6 is 45.8 Å². The second-order valence-electron chi connectivity index (χ2n) is 4.11. The Hall–Kier alpha value is -0.540. The summed E-state index contributed by atoms with van der Waals surface area (Å²) >= 11 is 14.0. The van der Waals surface area contributed by atoms with Crippen LogP contribution in [0.15, 0.2) is 41.3 Å². The highest BCUT2D eigenvalue weighted by molar-refractivity contribution is 14.1. The number of aliphatic hydroxyl groups is 1. The van der Waals surface area contributed by atoms with Gasteiger partial charge in [0.2, 0.25) is 0 Å². The minimum atomic E-state index is -3.86. The predicted molar refractivity (Wildman–Crippen MR) is 92.4 cm³/mol. The van der Waals surface area contributed by atoms with Gasteiger partial charge in [-0.15, -0.1) is 0 Å². The number of hydrogen-bond acceptors (Lipinski definition) is 3. The number of benzene rings is 2. The van der Waals surface area contributed by atoms with Crippen LogP contribution in [0.4, 0.5) is 5.69 Å². The zero-order chi connectivity index (χ0) is 15.6. The van der Waals surface area contributed by atoms with E-state index in [9.17, 15) is 13.5 Å². The molecule has 0 heterocycles. The van der Waals surface area contributed by atoms with Crippen LogP contribution < -0.4 is 4.72 Å². The minimum absolute atomic E-state index is 0.0805. The lowest BCUT2D eigenvalue weighted by molar-refractivity contribution is 0.282. The summed E-state index contributed by atoms with van der Waals surface area (Å²) in [7, 11) is -3.86. The molecule has 0 aliphatic rings. The van der Waals surface area contributed by atoms with Crippen molar-refractivity contribution in [1.29, 1.82) is 0 Å². The molecule has 0 bridgehead atoms. The Morgan fingerprint density at radius 1 is 1.10 bits per heavy atom. The average molecular weight is 458 g/mol. The fourth-order valence-corrected chi connectivity index (χ4v) is 3.97. The minimum Gasteiger partial charge on any atom is -0.392 e. The van der Waals surface area contributed by atoms with Crippen molar-refractivity contribution in [1.82, 2.24) is 0 Å². The Balaban J connectivity index is 2.42. The summed E-state index contributed by atoms with van der Waals surface area (Å²) in [5, 5.41) is 9.36. The number of nitrogens with one attached hydrogen (secondary N) is 1. The van der Waals surface area contributed by atoms with E-state index in [1.165, 1.54) is 12.1 Å². The lowest BCUT2D eigenvalue weighted by Gasteiger charge is -2.12. The number of aliphatic hydroxyl groups excluding tert-OH is 1. The first-order valence-electron chi connectivity index (χ1n) is 5.71. The van der Waals surface area contributed by atoms with E-state index in [0.717, 1.165) is 3.57 Å². The van der Waals surface area contributed by atoms with E-state index >= 15 is 0 Å². The van der Waals surface area contributed by atoms with Crippen molar-refractivity contribution in [3.05, 3.63) is 55.6 Å². The Bertz CT molecular complexity index is 764. The van der Waals surface area contributed by atoms with E-state index in [1.807, 2.05) is 0 Å². The maximum Gasteiger partial charge on any atom is 0.263 e. The van der Waals surface area contributed by atoms with Crippen LogP contribution in [0.1, 0.15) is 5.56 Å². The van der Waals surface area contributed by atoms with Gasteiger partial charge in [-0.1, -0.05) is 23.2 Å². The van der Waals surface area contributed by atoms with E-state index in [4.69, 9.17) is 23.2 Å². The van der Waals surface area contributed by atoms with Gasteiger partial charge in [-0.05, 0) is 59.0 Å². The summed E-state index contributed by atoms with van der Waals surface area (Å²) in [5.41, 5.74) is 0.607. The topological polar surface area (TPSA) is 66.4 Å². The molecule has 2 aromatic rings. The molecule has 112 valence electrons. The van der Waals surface area contributed by atoms with E-state index in [2.05, 4.69) is 27.3 Å². The van der Waals surface area contributed by atoms with E-state index in [-0.39, 0.29) is 20.5 Å². The summed E-state index contributed by atoms with van der Waals surface area (Å²) in [4.78, 5) is -0.129. The van der Waals surface area contributed by atoms with Crippen LogP contribution in [0.25, 0.3) is 0 Å². The normalized spacial score (nSPS) is 11.4. The molecule has 0 aliphatic carbocycles. The van der Waals surface area contributed by atoms with Gasteiger partial charge in [0.25, 0.3) is 10.0 Å². The van der Waals surface area contributed by atoms with Crippen molar-refractivity contribution in [3.8, 4) is 0 Å². The first kappa shape index (κ1) is 16.8. The van der Waals surface area contributed by atoms with Crippen molar-refractivity contribution in [2.45, 2.75) is 11.5 Å². The number of anilines is 1. The zero-order valence-electron chi connectivity index (χ0n) is 10.5. The van der Waals surface area contributed by atoms with Crippen molar-refractivity contribution >= 4 is 61.5 Å². The largest absolute Gasteiger partial charge is 0.392 e. The number of sulfonamides is 1. The molecule has 0 saturated heterocycles. The molecule has 0 amide bonds. The molecule has 2 N–H and O–H groups in total. The molecular weight excluding hydrogens is 448 g/mol. The standard InChI is InChI=1S/C13H10Cl2INO3S/c14-11-5-6-12(13(15)10(11)7-18)21(19,20)17-9-3-1-8(16)2-4-9/h1-6,17-18H,7H2. The van der Waals surface area contributed by atoms with Gasteiger partial charge in [-0.2, -0.15) is 0 Å². The smallest absolute Gasteiger partial charge is 0.263 e. The van der Waals surface area contributed by atoms with Gasteiger partial charge in [-0.25, -0.2) is 8.42 Å². The van der Waals surface area contributed by atoms with Crippen molar-refractivity contribution in [2.24, 2.45) is 0 Å². The molecule has 0 aromatic heterocycles. The summed E-state index contributed by atoms with van der Waals surface area (Å²) in [6.07, 6.45) is 0. The highest BCUT2D eigenvalue weighted by atomic mass is 127. The van der Waals surface area contributed by atoms with Crippen LogP contribution in [0.5, 0.6) is 0 Å². The molecule has 0 unspecified atom stereocenters. The van der Waals surface area contributed by atoms with Gasteiger partial charge in [0.15, 0.2) is 0 Å². The molecule has 0 fully saturated rings. The molecule has 0 saturated carbocycles. The van der Waals surface area contributed by atoms with Crippen LogP contribution in [-0.2, 0) is 16.6 Å². The highest BCUT2D eigenvalue weighted by Crippen LogP contribution is 2.32. The van der Waals surface area contributed by atoms with Crippen LogP contribution in [-0.4, -0.2) is 13.5 Å². The van der Waals surface area contributed by atoms with Crippen molar-refractivity contribution in [2.75, 3.05) is 4.72 Å². The van der Waals surface area contributed by atoms with Crippen LogP contribution in [0.3, 0.4) is 0 Å². The summed E-state index contributed by atoms with van der Waals surface area (Å²) in [6, 6.07) is 9.55. The summed E-state index contributed by atoms with van der Waals surface area (Å²) in [6.45, 7) is -0.440. The average Bonchev–Trinajstić information content (AvgIpc) is 2.41. The third-order valence-corrected chi connectivity index (χ3v) is 5.74. The lowest BCUT2D eigenvalue weighted by atomic mass is 10.2. The molecule has 0 spiro atoms. The zero-order valence-corrected chi connectivity index (χ0v) is 15.0. The maximum atomic E-state index is 12.4. The molecule has 2 rings (SSSR count). The fourth-order valence-electron chi connectivity index (χ4n) is 1.66. The molecule has 8 heteroatoms. The second kappa shape index (κ2) is 6.70. The van der Waals surface area contributed by atoms with Gasteiger partial charge in [0.1, 0.15) is 4.90 Å². The fraction of sp³-hybridized carbons (Fsp3) is 0.0769. The Morgan fingerprint density at radius 2 is 1.71 bits per heavy atom. The number of hydrogen-bond donors (Lipinski definition) is 2. The summed E-state index contributed by atoms with van der Waals surface area (Å²) in [5.74, 6) is 0. The SMILES string of the molecule is O=S(=O)(Nc1ccc(I)cc1)c1ccc(Cl)c(CO)c1Cl. The second-order valence-corrected chi connectivity index (χ2v) is 7.79. The highest BCUT2D eigenvalue weighted by Gasteiger charge is 2.21. The first-order chi connectivity index (χ1) is 9.85. The Kier molecular flexibility index (Phi) is 5.37. The van der Waals surface area contributed by atoms with Crippen LogP contribution in [0, 0.1) is 3.57 Å². The van der Waals surface area contributed by atoms with E-state index in [1.54, 1.807) is 24.3 Å². The third-order valence-electron chi connectivity index (χ3n) is 2.69. The molecular formula is C13H10Cl2INO3S. The van der Waals surface area contributed by atoms with Crippen molar-refractivity contribution < 1.29 is 13.5 Å². The monoisotopic (exact) mass is 457 g/mol. The molecule has 2 aromatic carbocycles. The third kappa shape index (κ3) is 3.81.